The minimum atomic E-state index is 0.176. The summed E-state index contributed by atoms with van der Waals surface area (Å²) >= 11 is 6.22. The van der Waals surface area contributed by atoms with Gasteiger partial charge in [-0.25, -0.2) is 0 Å². The van der Waals surface area contributed by atoms with Gasteiger partial charge in [-0.1, -0.05) is 11.6 Å². The number of anilines is 1. The van der Waals surface area contributed by atoms with Gasteiger partial charge in [-0.05, 0) is 25.2 Å². The van der Waals surface area contributed by atoms with Gasteiger partial charge in [0.2, 0.25) is 0 Å². The van der Waals surface area contributed by atoms with Crippen molar-refractivity contribution in [1.29, 1.82) is 5.26 Å². The SMILES string of the molecule is CNCC1CN(c2ccc(C#N)cc2Cl)CCO1. The van der Waals surface area contributed by atoms with Crippen LogP contribution in [-0.4, -0.2) is 39.4 Å². The molecule has 0 bridgehead atoms. The lowest BCUT2D eigenvalue weighted by Gasteiger charge is -2.35. The zero-order valence-electron chi connectivity index (χ0n) is 10.3. The van der Waals surface area contributed by atoms with Crippen molar-refractivity contribution in [1.82, 2.24) is 5.32 Å². The highest BCUT2D eigenvalue weighted by atomic mass is 35.5. The fourth-order valence-corrected chi connectivity index (χ4v) is 2.42. The summed E-state index contributed by atoms with van der Waals surface area (Å²) < 4.78 is 5.66. The lowest BCUT2D eigenvalue weighted by molar-refractivity contribution is 0.0422. The van der Waals surface area contributed by atoms with Crippen molar-refractivity contribution in [2.75, 3.05) is 38.2 Å². The van der Waals surface area contributed by atoms with Gasteiger partial charge < -0.3 is 15.0 Å². The zero-order valence-corrected chi connectivity index (χ0v) is 11.1. The smallest absolute Gasteiger partial charge is 0.0992 e. The number of benzene rings is 1. The first kappa shape index (κ1) is 13.2. The molecule has 18 heavy (non-hydrogen) atoms. The number of halogens is 1. The molecule has 4 nitrogen and oxygen atoms in total. The van der Waals surface area contributed by atoms with Crippen LogP contribution in [0.1, 0.15) is 5.56 Å². The Kier molecular flexibility index (Phi) is 4.43. The van der Waals surface area contributed by atoms with Crippen molar-refractivity contribution >= 4 is 17.3 Å². The summed E-state index contributed by atoms with van der Waals surface area (Å²) in [6.07, 6.45) is 0.176. The molecule has 96 valence electrons. The van der Waals surface area contributed by atoms with E-state index in [9.17, 15) is 0 Å². The molecule has 0 aliphatic carbocycles. The average molecular weight is 266 g/mol. The van der Waals surface area contributed by atoms with Crippen LogP contribution in [0, 0.1) is 11.3 Å². The fraction of sp³-hybridized carbons (Fsp3) is 0.462. The third-order valence-electron chi connectivity index (χ3n) is 2.99. The molecule has 1 aromatic rings. The first-order valence-electron chi connectivity index (χ1n) is 5.95. The quantitative estimate of drug-likeness (QED) is 0.903. The Morgan fingerprint density at radius 1 is 1.61 bits per heavy atom. The zero-order chi connectivity index (χ0) is 13.0. The Labute approximate surface area is 112 Å². The van der Waals surface area contributed by atoms with E-state index < -0.39 is 0 Å². The minimum absolute atomic E-state index is 0.176. The second-order valence-electron chi connectivity index (χ2n) is 4.27. The second kappa shape index (κ2) is 6.05. The highest BCUT2D eigenvalue weighted by molar-refractivity contribution is 6.33. The highest BCUT2D eigenvalue weighted by Gasteiger charge is 2.21. The molecule has 0 aromatic heterocycles. The van der Waals surface area contributed by atoms with Crippen LogP contribution in [0.2, 0.25) is 5.02 Å². The maximum atomic E-state index is 8.82. The Hall–Kier alpha value is -1.28. The van der Waals surface area contributed by atoms with Gasteiger partial charge in [-0.15, -0.1) is 0 Å². The van der Waals surface area contributed by atoms with Crippen LogP contribution in [0.3, 0.4) is 0 Å². The molecule has 1 aliphatic rings. The summed E-state index contributed by atoms with van der Waals surface area (Å²) in [5, 5.41) is 12.6. The number of likely N-dealkylation sites (N-methyl/N-ethyl adjacent to an activating group) is 1. The van der Waals surface area contributed by atoms with E-state index in [1.165, 1.54) is 0 Å². The van der Waals surface area contributed by atoms with Crippen LogP contribution in [0.25, 0.3) is 0 Å². The third-order valence-corrected chi connectivity index (χ3v) is 3.29. The van der Waals surface area contributed by atoms with Gasteiger partial charge in [0.25, 0.3) is 0 Å². The maximum Gasteiger partial charge on any atom is 0.0992 e. The summed E-state index contributed by atoms with van der Waals surface area (Å²) in [7, 11) is 1.91. The predicted molar refractivity (Wildman–Crippen MR) is 72.0 cm³/mol. The van der Waals surface area contributed by atoms with E-state index in [-0.39, 0.29) is 6.10 Å². The lowest BCUT2D eigenvalue weighted by atomic mass is 10.2. The molecular weight excluding hydrogens is 250 g/mol. The first-order valence-corrected chi connectivity index (χ1v) is 6.33. The van der Waals surface area contributed by atoms with Crippen molar-refractivity contribution in [3.05, 3.63) is 28.8 Å². The maximum absolute atomic E-state index is 8.82. The molecule has 0 spiro atoms. The van der Waals surface area contributed by atoms with Crippen LogP contribution in [0.15, 0.2) is 18.2 Å². The summed E-state index contributed by atoms with van der Waals surface area (Å²) in [6, 6.07) is 7.50. The molecule has 1 aromatic carbocycles. The number of hydrogen-bond acceptors (Lipinski definition) is 4. The van der Waals surface area contributed by atoms with Gasteiger partial charge in [0.1, 0.15) is 0 Å². The number of ether oxygens (including phenoxy) is 1. The van der Waals surface area contributed by atoms with Crippen molar-refractivity contribution < 1.29 is 4.74 Å². The van der Waals surface area contributed by atoms with Crippen molar-refractivity contribution in [2.45, 2.75) is 6.10 Å². The van der Waals surface area contributed by atoms with Crippen molar-refractivity contribution in [3.63, 3.8) is 0 Å². The largest absolute Gasteiger partial charge is 0.373 e. The fourth-order valence-electron chi connectivity index (χ4n) is 2.12. The van der Waals surface area contributed by atoms with Gasteiger partial charge in [-0.2, -0.15) is 5.26 Å². The molecule has 1 aliphatic heterocycles. The summed E-state index contributed by atoms with van der Waals surface area (Å²) in [5.41, 5.74) is 1.56. The number of nitrogens with zero attached hydrogens (tertiary/aromatic N) is 2. The number of morpholine rings is 1. The molecule has 0 saturated carbocycles. The minimum Gasteiger partial charge on any atom is -0.373 e. The van der Waals surface area contributed by atoms with E-state index in [2.05, 4.69) is 16.3 Å². The van der Waals surface area contributed by atoms with Crippen molar-refractivity contribution in [2.24, 2.45) is 0 Å². The predicted octanol–water partition coefficient (Wildman–Crippen LogP) is 1.64. The Morgan fingerprint density at radius 2 is 2.44 bits per heavy atom. The van der Waals surface area contributed by atoms with E-state index >= 15 is 0 Å². The summed E-state index contributed by atoms with van der Waals surface area (Å²) in [6.45, 7) is 3.16. The van der Waals surface area contributed by atoms with Gasteiger partial charge >= 0.3 is 0 Å². The van der Waals surface area contributed by atoms with E-state index in [4.69, 9.17) is 21.6 Å². The average Bonchev–Trinajstić information content (AvgIpc) is 2.39. The van der Waals surface area contributed by atoms with Gasteiger partial charge in [0.05, 0.1) is 35.1 Å². The number of hydrogen-bond donors (Lipinski definition) is 1. The van der Waals surface area contributed by atoms with E-state index in [1.807, 2.05) is 13.1 Å². The summed E-state index contributed by atoms with van der Waals surface area (Å²) in [5.74, 6) is 0. The Bertz CT molecular complexity index is 456. The molecule has 0 radical (unpaired) electrons. The molecule has 1 atom stereocenters. The Balaban J connectivity index is 2.13. The van der Waals surface area contributed by atoms with Crippen LogP contribution < -0.4 is 10.2 Å². The van der Waals surface area contributed by atoms with Crippen LogP contribution in [0.4, 0.5) is 5.69 Å². The van der Waals surface area contributed by atoms with Gasteiger partial charge in [0.15, 0.2) is 0 Å². The van der Waals surface area contributed by atoms with Gasteiger partial charge in [-0.3, -0.25) is 0 Å². The Morgan fingerprint density at radius 3 is 3.11 bits per heavy atom. The van der Waals surface area contributed by atoms with E-state index in [1.54, 1.807) is 12.1 Å². The van der Waals surface area contributed by atoms with Gasteiger partial charge in [0, 0.05) is 19.6 Å². The first-order chi connectivity index (χ1) is 8.74. The molecule has 1 N–H and O–H groups in total. The van der Waals surface area contributed by atoms with Crippen molar-refractivity contribution in [3.8, 4) is 6.07 Å². The second-order valence-corrected chi connectivity index (χ2v) is 4.68. The summed E-state index contributed by atoms with van der Waals surface area (Å²) in [4.78, 5) is 2.20. The van der Waals surface area contributed by atoms with Crippen LogP contribution in [0.5, 0.6) is 0 Å². The van der Waals surface area contributed by atoms with E-state index in [0.717, 1.165) is 25.3 Å². The topological polar surface area (TPSA) is 48.3 Å². The molecule has 2 rings (SSSR count). The van der Waals surface area contributed by atoms with E-state index in [0.29, 0.717) is 17.2 Å². The number of nitriles is 1. The monoisotopic (exact) mass is 265 g/mol. The molecule has 1 unspecified atom stereocenters. The molecule has 1 heterocycles. The van der Waals surface area contributed by atoms with Crippen LogP contribution >= 0.6 is 11.6 Å². The standard InChI is InChI=1S/C13H16ClN3O/c1-16-8-11-9-17(4-5-18-11)13-3-2-10(7-15)6-12(13)14/h2-3,6,11,16H,4-5,8-9H2,1H3. The van der Waals surface area contributed by atoms with Crippen LogP contribution in [-0.2, 0) is 4.74 Å². The molecular formula is C13H16ClN3O. The molecule has 5 heteroatoms. The lowest BCUT2D eigenvalue weighted by Crippen LogP contribution is -2.46. The molecule has 0 amide bonds. The molecule has 1 saturated heterocycles. The highest BCUT2D eigenvalue weighted by Crippen LogP contribution is 2.28. The third kappa shape index (κ3) is 2.94. The normalized spacial score (nSPS) is 19.6. The number of nitrogens with one attached hydrogen (secondary N) is 1. The molecule has 1 fully saturated rings. The number of rotatable bonds is 3.